The molecule has 0 aliphatic rings. The lowest BCUT2D eigenvalue weighted by molar-refractivity contribution is 0.103. The van der Waals surface area contributed by atoms with Crippen molar-refractivity contribution < 1.29 is 4.79 Å². The van der Waals surface area contributed by atoms with Gasteiger partial charge < -0.3 is 0 Å². The molecule has 3 heterocycles. The highest BCUT2D eigenvalue weighted by atomic mass is 32.1. The molecule has 0 N–H and O–H groups in total. The van der Waals surface area contributed by atoms with Gasteiger partial charge in [-0.1, -0.05) is 42.5 Å². The van der Waals surface area contributed by atoms with Gasteiger partial charge in [-0.2, -0.15) is 10.4 Å². The smallest absolute Gasteiger partial charge is 0.243 e. The predicted molar refractivity (Wildman–Crippen MR) is 130 cm³/mol. The van der Waals surface area contributed by atoms with Gasteiger partial charge in [-0.15, -0.1) is 22.7 Å². The van der Waals surface area contributed by atoms with Crippen molar-refractivity contribution in [2.24, 2.45) is 0 Å². The van der Waals surface area contributed by atoms with Gasteiger partial charge >= 0.3 is 0 Å². The fourth-order valence-electron chi connectivity index (χ4n) is 3.68. The highest BCUT2D eigenvalue weighted by Gasteiger charge is 2.29. The average Bonchev–Trinajstić information content (AvgIpc) is 3.58. The second-order valence-corrected chi connectivity index (χ2v) is 9.30. The zero-order chi connectivity index (χ0) is 22.4. The maximum atomic E-state index is 13.5. The molecule has 6 aromatic rings. The van der Waals surface area contributed by atoms with Crippen molar-refractivity contribution in [3.63, 3.8) is 0 Å². The van der Waals surface area contributed by atoms with E-state index in [0.717, 1.165) is 26.1 Å². The van der Waals surface area contributed by atoms with E-state index in [-0.39, 0.29) is 17.0 Å². The molecule has 3 aromatic heterocycles. The number of ketones is 1. The van der Waals surface area contributed by atoms with E-state index in [1.165, 1.54) is 22.7 Å². The van der Waals surface area contributed by atoms with Crippen LogP contribution in [0.25, 0.3) is 36.8 Å². The van der Waals surface area contributed by atoms with E-state index in [2.05, 4.69) is 16.2 Å². The average molecular weight is 464 g/mol. The second-order valence-electron chi connectivity index (χ2n) is 7.23. The Kier molecular flexibility index (Phi) is 4.57. The number of hydrogen-bond donors (Lipinski definition) is 0. The van der Waals surface area contributed by atoms with Gasteiger partial charge in [0.25, 0.3) is 0 Å². The molecule has 8 heteroatoms. The first-order valence-corrected chi connectivity index (χ1v) is 11.7. The van der Waals surface area contributed by atoms with Crippen LogP contribution in [0.4, 0.5) is 0 Å². The number of fused-ring (bicyclic) bond motifs is 2. The maximum Gasteiger partial charge on any atom is 0.243 e. The van der Waals surface area contributed by atoms with Crippen LogP contribution < -0.4 is 0 Å². The largest absolute Gasteiger partial charge is 0.284 e. The van der Waals surface area contributed by atoms with E-state index in [4.69, 9.17) is 4.98 Å². The third-order valence-electron chi connectivity index (χ3n) is 5.20. The van der Waals surface area contributed by atoms with Gasteiger partial charge in [0.2, 0.25) is 5.78 Å². The summed E-state index contributed by atoms with van der Waals surface area (Å²) in [6, 6.07) is 27.0. The highest BCUT2D eigenvalue weighted by Crippen LogP contribution is 2.36. The Morgan fingerprint density at radius 3 is 2.12 bits per heavy atom. The van der Waals surface area contributed by atoms with Gasteiger partial charge in [-0.05, 0) is 36.4 Å². The minimum absolute atomic E-state index is 0.0784. The van der Waals surface area contributed by atoms with Gasteiger partial charge in [0.15, 0.2) is 10.7 Å². The monoisotopic (exact) mass is 463 g/mol. The molecular formula is C25H13N5OS2. The van der Waals surface area contributed by atoms with Crippen molar-refractivity contribution in [2.75, 3.05) is 0 Å². The molecule has 6 rings (SSSR count). The van der Waals surface area contributed by atoms with Crippen molar-refractivity contribution in [1.29, 1.82) is 5.26 Å². The Labute approximate surface area is 196 Å². The van der Waals surface area contributed by atoms with E-state index in [0.29, 0.717) is 15.7 Å². The summed E-state index contributed by atoms with van der Waals surface area (Å²) in [5, 5.41) is 15.7. The van der Waals surface area contributed by atoms with Crippen LogP contribution in [0.2, 0.25) is 0 Å². The van der Waals surface area contributed by atoms with Crippen LogP contribution in [0.5, 0.6) is 0 Å². The number of thiazole rings is 2. The molecule has 33 heavy (non-hydrogen) atoms. The van der Waals surface area contributed by atoms with Crippen molar-refractivity contribution in [1.82, 2.24) is 19.7 Å². The van der Waals surface area contributed by atoms with Crippen LogP contribution in [-0.2, 0) is 0 Å². The SMILES string of the molecule is N#Cc1c(C(=O)c2nc3ccccc3s2)nn(-c2ccccc2)c1-c1nc2ccccc2s1. The Bertz CT molecular complexity index is 1640. The van der Waals surface area contributed by atoms with E-state index in [1.54, 1.807) is 4.68 Å². The Hall–Kier alpha value is -4.19. The summed E-state index contributed by atoms with van der Waals surface area (Å²) in [5.74, 6) is -0.371. The molecule has 0 atom stereocenters. The molecule has 0 saturated carbocycles. The Morgan fingerprint density at radius 2 is 1.45 bits per heavy atom. The standard InChI is InChI=1S/C25H13N5OS2/c26-14-16-21(23(31)25-28-18-11-5-7-13-20(18)33-25)29-30(15-8-2-1-3-9-15)22(16)24-27-17-10-4-6-12-19(17)32-24/h1-13H. The predicted octanol–water partition coefficient (Wildman–Crippen LogP) is 5.86. The fourth-order valence-corrected chi connectivity index (χ4v) is 5.59. The van der Waals surface area contributed by atoms with Gasteiger partial charge in [0.1, 0.15) is 22.3 Å². The van der Waals surface area contributed by atoms with Gasteiger partial charge in [-0.25, -0.2) is 14.6 Å². The molecule has 0 unspecified atom stereocenters. The summed E-state index contributed by atoms with van der Waals surface area (Å²) >= 11 is 2.76. The summed E-state index contributed by atoms with van der Waals surface area (Å²) in [6.45, 7) is 0. The quantitative estimate of drug-likeness (QED) is 0.306. The fraction of sp³-hybridized carbons (Fsp3) is 0. The molecule has 0 radical (unpaired) electrons. The van der Waals surface area contributed by atoms with Crippen LogP contribution in [0.15, 0.2) is 78.9 Å². The minimum Gasteiger partial charge on any atom is -0.284 e. The summed E-state index contributed by atoms with van der Waals surface area (Å²) in [7, 11) is 0. The number of hydrogen-bond acceptors (Lipinski definition) is 7. The normalized spacial score (nSPS) is 11.1. The zero-order valence-electron chi connectivity index (χ0n) is 17.0. The molecule has 156 valence electrons. The summed E-state index contributed by atoms with van der Waals surface area (Å²) in [6.07, 6.45) is 0. The number of rotatable bonds is 4. The van der Waals surface area contributed by atoms with Crippen molar-refractivity contribution >= 4 is 48.9 Å². The highest BCUT2D eigenvalue weighted by molar-refractivity contribution is 7.21. The van der Waals surface area contributed by atoms with Crippen LogP contribution in [-0.4, -0.2) is 25.5 Å². The number of nitriles is 1. The molecule has 0 bridgehead atoms. The summed E-state index contributed by atoms with van der Waals surface area (Å²) in [4.78, 5) is 22.7. The van der Waals surface area contributed by atoms with E-state index >= 15 is 0 Å². The Balaban J connectivity index is 1.59. The van der Waals surface area contributed by atoms with Gasteiger partial charge in [0, 0.05) is 0 Å². The number of carbonyl (C=O) groups excluding carboxylic acids is 1. The molecular weight excluding hydrogens is 450 g/mol. The molecule has 0 saturated heterocycles. The molecule has 0 fully saturated rings. The molecule has 0 aliphatic carbocycles. The number of para-hydroxylation sites is 3. The molecule has 6 nitrogen and oxygen atoms in total. The summed E-state index contributed by atoms with van der Waals surface area (Å²) in [5.41, 5.74) is 3.11. The molecule has 0 spiro atoms. The van der Waals surface area contributed by atoms with Gasteiger partial charge in [-0.3, -0.25) is 4.79 Å². The first-order chi connectivity index (χ1) is 16.2. The van der Waals surface area contributed by atoms with Crippen molar-refractivity contribution in [3.8, 4) is 22.5 Å². The number of nitrogens with zero attached hydrogens (tertiary/aromatic N) is 5. The summed E-state index contributed by atoms with van der Waals surface area (Å²) < 4.78 is 3.54. The van der Waals surface area contributed by atoms with Crippen molar-refractivity contribution in [3.05, 3.63) is 95.1 Å². The molecule has 0 aliphatic heterocycles. The van der Waals surface area contributed by atoms with Gasteiger partial charge in [0.05, 0.1) is 26.1 Å². The number of benzene rings is 3. The van der Waals surface area contributed by atoms with Crippen molar-refractivity contribution in [2.45, 2.75) is 0 Å². The van der Waals surface area contributed by atoms with Crippen LogP contribution in [0.1, 0.15) is 21.1 Å². The molecule has 0 amide bonds. The zero-order valence-corrected chi connectivity index (χ0v) is 18.6. The number of aromatic nitrogens is 4. The van der Waals surface area contributed by atoms with Crippen LogP contribution in [0.3, 0.4) is 0 Å². The molecule has 3 aromatic carbocycles. The van der Waals surface area contributed by atoms with E-state index < -0.39 is 0 Å². The first-order valence-electron chi connectivity index (χ1n) is 10.1. The lowest BCUT2D eigenvalue weighted by Crippen LogP contribution is -2.05. The first kappa shape index (κ1) is 19.5. The lowest BCUT2D eigenvalue weighted by Gasteiger charge is -2.05. The van der Waals surface area contributed by atoms with E-state index in [9.17, 15) is 10.1 Å². The minimum atomic E-state index is -0.371. The number of carbonyl (C=O) groups is 1. The third-order valence-corrected chi connectivity index (χ3v) is 7.28. The lowest BCUT2D eigenvalue weighted by atomic mass is 10.1. The Morgan fingerprint density at radius 1 is 0.818 bits per heavy atom. The maximum absolute atomic E-state index is 13.5. The van der Waals surface area contributed by atoms with E-state index in [1.807, 2.05) is 78.9 Å². The second kappa shape index (κ2) is 7.74. The topological polar surface area (TPSA) is 84.5 Å². The van der Waals surface area contributed by atoms with Crippen LogP contribution in [0, 0.1) is 11.3 Å². The van der Waals surface area contributed by atoms with Crippen LogP contribution >= 0.6 is 22.7 Å². The third kappa shape index (κ3) is 3.22.